The van der Waals surface area contributed by atoms with E-state index < -0.39 is 51.8 Å². The summed E-state index contributed by atoms with van der Waals surface area (Å²) in [6.07, 6.45) is -3.84. The molecule has 0 heterocycles. The standard InChI is InChI=1S/C26H14F8O/c1-2-7-35-16-11-20(28)23(21(29)12-16)14-4-5-17(19(27)9-14)13-3-6-18-15(8-13)10-22(30)24(25(18)31)26(32,33)34/h2-6,8-12H,1,7H2. The van der Waals surface area contributed by atoms with Gasteiger partial charge in [0.1, 0.15) is 47.0 Å². The summed E-state index contributed by atoms with van der Waals surface area (Å²) >= 11 is 0. The lowest BCUT2D eigenvalue weighted by Gasteiger charge is -2.13. The van der Waals surface area contributed by atoms with Crippen LogP contribution in [0.25, 0.3) is 33.0 Å². The van der Waals surface area contributed by atoms with Crippen LogP contribution < -0.4 is 4.74 Å². The lowest BCUT2D eigenvalue weighted by Crippen LogP contribution is -2.11. The van der Waals surface area contributed by atoms with Crippen LogP contribution in [-0.4, -0.2) is 6.61 Å². The second-order valence-electron chi connectivity index (χ2n) is 7.54. The molecule has 4 aromatic carbocycles. The van der Waals surface area contributed by atoms with Crippen LogP contribution in [0.5, 0.6) is 5.75 Å². The molecule has 0 saturated heterocycles. The Hall–Kier alpha value is -3.88. The Morgan fingerprint density at radius 1 is 0.743 bits per heavy atom. The smallest absolute Gasteiger partial charge is 0.422 e. The summed E-state index contributed by atoms with van der Waals surface area (Å²) in [4.78, 5) is 0. The van der Waals surface area contributed by atoms with E-state index in [1.54, 1.807) is 0 Å². The van der Waals surface area contributed by atoms with Crippen molar-refractivity contribution in [2.75, 3.05) is 6.61 Å². The highest BCUT2D eigenvalue weighted by Crippen LogP contribution is 2.38. The van der Waals surface area contributed by atoms with Gasteiger partial charge in [0.05, 0.1) is 5.56 Å². The molecule has 180 valence electrons. The first-order chi connectivity index (χ1) is 16.5. The third-order valence-electron chi connectivity index (χ3n) is 5.26. The molecule has 4 aromatic rings. The van der Waals surface area contributed by atoms with Crippen molar-refractivity contribution >= 4 is 10.8 Å². The summed E-state index contributed by atoms with van der Waals surface area (Å²) in [5, 5.41) is -0.719. The average Bonchev–Trinajstić information content (AvgIpc) is 2.76. The van der Waals surface area contributed by atoms with E-state index >= 15 is 0 Å². The lowest BCUT2D eigenvalue weighted by molar-refractivity contribution is -0.142. The van der Waals surface area contributed by atoms with Crippen molar-refractivity contribution in [3.8, 4) is 28.0 Å². The van der Waals surface area contributed by atoms with E-state index in [1.165, 1.54) is 18.2 Å². The lowest BCUT2D eigenvalue weighted by atomic mass is 9.96. The Morgan fingerprint density at radius 3 is 2.00 bits per heavy atom. The highest BCUT2D eigenvalue weighted by molar-refractivity contribution is 5.89. The molecule has 0 aliphatic carbocycles. The zero-order chi connectivity index (χ0) is 25.5. The maximum absolute atomic E-state index is 14.9. The summed E-state index contributed by atoms with van der Waals surface area (Å²) in [5.74, 6) is -6.56. The fourth-order valence-electron chi connectivity index (χ4n) is 3.73. The van der Waals surface area contributed by atoms with Crippen molar-refractivity contribution in [3.05, 3.63) is 102 Å². The van der Waals surface area contributed by atoms with Gasteiger partial charge < -0.3 is 4.74 Å². The van der Waals surface area contributed by atoms with E-state index in [9.17, 15) is 35.1 Å². The predicted molar refractivity (Wildman–Crippen MR) is 115 cm³/mol. The van der Waals surface area contributed by atoms with E-state index in [0.717, 1.165) is 36.4 Å². The van der Waals surface area contributed by atoms with Gasteiger partial charge >= 0.3 is 6.18 Å². The van der Waals surface area contributed by atoms with Gasteiger partial charge in [-0.25, -0.2) is 22.0 Å². The normalized spacial score (nSPS) is 11.7. The van der Waals surface area contributed by atoms with Crippen molar-refractivity contribution in [3.63, 3.8) is 0 Å². The van der Waals surface area contributed by atoms with Crippen molar-refractivity contribution < 1.29 is 39.9 Å². The first-order valence-corrected chi connectivity index (χ1v) is 10.0. The number of fused-ring (bicyclic) bond motifs is 1. The van der Waals surface area contributed by atoms with Crippen molar-refractivity contribution in [2.45, 2.75) is 6.18 Å². The van der Waals surface area contributed by atoms with Gasteiger partial charge in [0.2, 0.25) is 0 Å². The van der Waals surface area contributed by atoms with E-state index in [2.05, 4.69) is 6.58 Å². The molecule has 0 aromatic heterocycles. The van der Waals surface area contributed by atoms with Gasteiger partial charge in [-0.05, 0) is 34.7 Å². The third-order valence-corrected chi connectivity index (χ3v) is 5.26. The molecule has 0 N–H and O–H groups in total. The second-order valence-corrected chi connectivity index (χ2v) is 7.54. The summed E-state index contributed by atoms with van der Waals surface area (Å²) < 4.78 is 116. The molecular formula is C26H14F8O. The molecular weight excluding hydrogens is 480 g/mol. The highest BCUT2D eigenvalue weighted by atomic mass is 19.4. The molecule has 0 amide bonds. The van der Waals surface area contributed by atoms with E-state index in [1.807, 2.05) is 0 Å². The molecule has 1 nitrogen and oxygen atoms in total. The Kier molecular flexibility index (Phi) is 6.27. The maximum atomic E-state index is 14.9. The van der Waals surface area contributed by atoms with Crippen LogP contribution in [0.15, 0.2) is 67.3 Å². The molecule has 9 heteroatoms. The fourth-order valence-corrected chi connectivity index (χ4v) is 3.73. The molecule has 4 rings (SSSR count). The van der Waals surface area contributed by atoms with Crippen molar-refractivity contribution in [1.82, 2.24) is 0 Å². The summed E-state index contributed by atoms with van der Waals surface area (Å²) in [5.41, 5.74) is -2.64. The zero-order valence-electron chi connectivity index (χ0n) is 17.6. The second kappa shape index (κ2) is 9.05. The van der Waals surface area contributed by atoms with Crippen LogP contribution >= 0.6 is 0 Å². The summed E-state index contributed by atoms with van der Waals surface area (Å²) in [6.45, 7) is 3.46. The van der Waals surface area contributed by atoms with E-state index in [4.69, 9.17) is 4.74 Å². The quantitative estimate of drug-likeness (QED) is 0.200. The number of ether oxygens (including phenoxy) is 1. The molecule has 0 radical (unpaired) electrons. The molecule has 35 heavy (non-hydrogen) atoms. The van der Waals surface area contributed by atoms with Gasteiger partial charge in [-0.2, -0.15) is 13.2 Å². The molecule has 0 aliphatic rings. The summed E-state index contributed by atoms with van der Waals surface area (Å²) in [6, 6.07) is 8.96. The third kappa shape index (κ3) is 4.58. The van der Waals surface area contributed by atoms with Crippen molar-refractivity contribution in [2.24, 2.45) is 0 Å². The van der Waals surface area contributed by atoms with Crippen LogP contribution in [0.3, 0.4) is 0 Å². The number of alkyl halides is 3. The van der Waals surface area contributed by atoms with Gasteiger partial charge in [-0.15, -0.1) is 0 Å². The average molecular weight is 494 g/mol. The highest BCUT2D eigenvalue weighted by Gasteiger charge is 2.38. The predicted octanol–water partition coefficient (Wildman–Crippen LogP) is 8.45. The molecule has 0 fully saturated rings. The number of rotatable bonds is 5. The van der Waals surface area contributed by atoms with Crippen molar-refractivity contribution in [1.29, 1.82) is 0 Å². The summed E-state index contributed by atoms with van der Waals surface area (Å²) in [7, 11) is 0. The zero-order valence-corrected chi connectivity index (χ0v) is 17.6. The Labute approximate surface area is 193 Å². The molecule has 0 bridgehead atoms. The van der Waals surface area contributed by atoms with Gasteiger partial charge in [-0.1, -0.05) is 36.9 Å². The van der Waals surface area contributed by atoms with Crippen LogP contribution in [0.2, 0.25) is 0 Å². The van der Waals surface area contributed by atoms with Crippen LogP contribution in [0.1, 0.15) is 5.56 Å². The number of halogens is 8. The largest absolute Gasteiger partial charge is 0.489 e. The SMILES string of the molecule is C=CCOc1cc(F)c(-c2ccc(-c3ccc4c(F)c(C(F)(F)F)c(F)cc4c3)c(F)c2)c(F)c1. The van der Waals surface area contributed by atoms with Gasteiger partial charge in [0.25, 0.3) is 0 Å². The van der Waals surface area contributed by atoms with Crippen LogP contribution in [-0.2, 0) is 6.18 Å². The Balaban J connectivity index is 1.75. The first kappa shape index (κ1) is 24.3. The number of hydrogen-bond acceptors (Lipinski definition) is 1. The van der Waals surface area contributed by atoms with E-state index in [0.29, 0.717) is 6.07 Å². The number of hydrogen-bond donors (Lipinski definition) is 0. The van der Waals surface area contributed by atoms with Gasteiger partial charge in [0, 0.05) is 23.1 Å². The van der Waals surface area contributed by atoms with Gasteiger partial charge in [0.15, 0.2) is 0 Å². The fraction of sp³-hybridized carbons (Fsp3) is 0.0769. The molecule has 0 aliphatic heterocycles. The molecule has 0 unspecified atom stereocenters. The monoisotopic (exact) mass is 494 g/mol. The minimum atomic E-state index is -5.23. The topological polar surface area (TPSA) is 9.23 Å². The van der Waals surface area contributed by atoms with Gasteiger partial charge in [-0.3, -0.25) is 0 Å². The molecule has 0 atom stereocenters. The molecule has 0 saturated carbocycles. The first-order valence-electron chi connectivity index (χ1n) is 10.0. The Bertz CT molecular complexity index is 1430. The maximum Gasteiger partial charge on any atom is 0.422 e. The number of benzene rings is 4. The molecule has 0 spiro atoms. The van der Waals surface area contributed by atoms with Crippen LogP contribution in [0, 0.1) is 29.1 Å². The van der Waals surface area contributed by atoms with Crippen LogP contribution in [0.4, 0.5) is 35.1 Å². The Morgan fingerprint density at radius 2 is 1.40 bits per heavy atom. The minimum absolute atomic E-state index is 0.0264. The van der Waals surface area contributed by atoms with E-state index in [-0.39, 0.29) is 34.4 Å². The minimum Gasteiger partial charge on any atom is -0.489 e.